The van der Waals surface area contributed by atoms with Crippen LogP contribution in [0.15, 0.2) is 0 Å². The Hall–Kier alpha value is -0.710. The molecule has 0 aromatic heterocycles. The monoisotopic (exact) mass is 206 g/mol. The van der Waals surface area contributed by atoms with E-state index in [2.05, 4.69) is 5.32 Å². The van der Waals surface area contributed by atoms with Crippen molar-refractivity contribution in [3.63, 3.8) is 0 Å². The van der Waals surface area contributed by atoms with Crippen LogP contribution >= 0.6 is 0 Å². The van der Waals surface area contributed by atoms with Gasteiger partial charge in [-0.25, -0.2) is 8.78 Å². The van der Waals surface area contributed by atoms with Crippen LogP contribution in [0.2, 0.25) is 0 Å². The maximum Gasteiger partial charge on any atom is 0.262 e. The Labute approximate surface area is 82.5 Å². The molecule has 0 spiro atoms. The smallest absolute Gasteiger partial charge is 0.262 e. The lowest BCUT2D eigenvalue weighted by Gasteiger charge is -2.22. The molecule has 0 aliphatic carbocycles. The SMILES string of the molecule is CCN(CC)C(=O)[C@H]1CC(F)(F)CN1. The molecule has 0 aromatic rings. The average molecular weight is 206 g/mol. The van der Waals surface area contributed by atoms with Crippen molar-refractivity contribution in [2.45, 2.75) is 32.2 Å². The fourth-order valence-corrected chi connectivity index (χ4v) is 1.65. The van der Waals surface area contributed by atoms with Gasteiger partial charge in [0.2, 0.25) is 5.91 Å². The molecule has 0 radical (unpaired) electrons. The molecule has 3 nitrogen and oxygen atoms in total. The molecule has 1 rings (SSSR count). The summed E-state index contributed by atoms with van der Waals surface area (Å²) < 4.78 is 25.6. The van der Waals surface area contributed by atoms with E-state index >= 15 is 0 Å². The number of rotatable bonds is 3. The molecule has 1 heterocycles. The van der Waals surface area contributed by atoms with Gasteiger partial charge < -0.3 is 4.90 Å². The summed E-state index contributed by atoms with van der Waals surface area (Å²) in [6.07, 6.45) is -0.373. The van der Waals surface area contributed by atoms with Crippen molar-refractivity contribution in [2.24, 2.45) is 0 Å². The first-order valence-corrected chi connectivity index (χ1v) is 4.90. The number of carbonyl (C=O) groups excluding carboxylic acids is 1. The van der Waals surface area contributed by atoms with Crippen LogP contribution < -0.4 is 5.32 Å². The topological polar surface area (TPSA) is 32.3 Å². The lowest BCUT2D eigenvalue weighted by Crippen LogP contribution is -2.43. The van der Waals surface area contributed by atoms with Crippen molar-refractivity contribution in [2.75, 3.05) is 19.6 Å². The molecular formula is C9H16F2N2O. The Balaban J connectivity index is 2.54. The maximum atomic E-state index is 12.8. The van der Waals surface area contributed by atoms with Crippen molar-refractivity contribution < 1.29 is 13.6 Å². The van der Waals surface area contributed by atoms with Gasteiger partial charge in [0.25, 0.3) is 5.92 Å². The number of alkyl halides is 2. The summed E-state index contributed by atoms with van der Waals surface area (Å²) in [5.41, 5.74) is 0. The van der Waals surface area contributed by atoms with E-state index in [1.54, 1.807) is 4.90 Å². The first-order chi connectivity index (χ1) is 6.50. The van der Waals surface area contributed by atoms with E-state index in [0.29, 0.717) is 13.1 Å². The number of hydrogen-bond acceptors (Lipinski definition) is 2. The number of hydrogen-bond donors (Lipinski definition) is 1. The molecule has 1 saturated heterocycles. The standard InChI is InChI=1S/C9H16F2N2O/c1-3-13(4-2)8(14)7-5-9(10,11)6-12-7/h7,12H,3-6H2,1-2H3/t7-/m1/s1. The number of likely N-dealkylation sites (N-methyl/N-ethyl adjacent to an activating group) is 1. The van der Waals surface area contributed by atoms with Gasteiger partial charge >= 0.3 is 0 Å². The van der Waals surface area contributed by atoms with E-state index in [0.717, 1.165) is 0 Å². The molecule has 1 N–H and O–H groups in total. The molecule has 1 aliphatic heterocycles. The molecule has 1 amide bonds. The van der Waals surface area contributed by atoms with Crippen molar-refractivity contribution >= 4 is 5.91 Å². The molecule has 0 aromatic carbocycles. The van der Waals surface area contributed by atoms with Gasteiger partial charge in [-0.15, -0.1) is 0 Å². The van der Waals surface area contributed by atoms with E-state index in [1.807, 2.05) is 13.8 Å². The fraction of sp³-hybridized carbons (Fsp3) is 0.889. The lowest BCUT2D eigenvalue weighted by molar-refractivity contribution is -0.133. The first kappa shape index (κ1) is 11.4. The van der Waals surface area contributed by atoms with Crippen LogP contribution in [0.4, 0.5) is 8.78 Å². The highest BCUT2D eigenvalue weighted by molar-refractivity contribution is 5.82. The summed E-state index contributed by atoms with van der Waals surface area (Å²) in [6, 6.07) is -0.704. The zero-order valence-electron chi connectivity index (χ0n) is 8.52. The molecule has 0 saturated carbocycles. The van der Waals surface area contributed by atoms with E-state index in [9.17, 15) is 13.6 Å². The Morgan fingerprint density at radius 1 is 1.50 bits per heavy atom. The summed E-state index contributed by atoms with van der Waals surface area (Å²) in [7, 11) is 0. The van der Waals surface area contributed by atoms with E-state index in [1.165, 1.54) is 0 Å². The summed E-state index contributed by atoms with van der Waals surface area (Å²) in [6.45, 7) is 4.44. The average Bonchev–Trinajstić information content (AvgIpc) is 2.48. The van der Waals surface area contributed by atoms with Gasteiger partial charge in [0.05, 0.1) is 12.6 Å². The minimum Gasteiger partial charge on any atom is -0.342 e. The highest BCUT2D eigenvalue weighted by Crippen LogP contribution is 2.25. The van der Waals surface area contributed by atoms with Gasteiger partial charge in [-0.3, -0.25) is 10.1 Å². The van der Waals surface area contributed by atoms with Gasteiger partial charge in [0.15, 0.2) is 0 Å². The third-order valence-electron chi connectivity index (χ3n) is 2.48. The van der Waals surface area contributed by atoms with Crippen molar-refractivity contribution in [1.29, 1.82) is 0 Å². The minimum atomic E-state index is -2.73. The molecule has 0 unspecified atom stereocenters. The largest absolute Gasteiger partial charge is 0.342 e. The van der Waals surface area contributed by atoms with E-state index in [-0.39, 0.29) is 18.9 Å². The molecule has 1 atom stereocenters. The number of halogens is 2. The second-order valence-corrected chi connectivity index (χ2v) is 3.50. The highest BCUT2D eigenvalue weighted by atomic mass is 19.3. The Morgan fingerprint density at radius 2 is 2.07 bits per heavy atom. The second kappa shape index (κ2) is 4.21. The molecule has 1 aliphatic rings. The van der Waals surface area contributed by atoms with Crippen molar-refractivity contribution in [3.05, 3.63) is 0 Å². The maximum absolute atomic E-state index is 12.8. The number of nitrogens with one attached hydrogen (secondary N) is 1. The summed E-state index contributed by atoms with van der Waals surface area (Å²) >= 11 is 0. The zero-order valence-corrected chi connectivity index (χ0v) is 8.52. The van der Waals surface area contributed by atoms with Crippen LogP contribution in [0.1, 0.15) is 20.3 Å². The molecule has 14 heavy (non-hydrogen) atoms. The third-order valence-corrected chi connectivity index (χ3v) is 2.48. The number of nitrogens with zero attached hydrogens (tertiary/aromatic N) is 1. The van der Waals surface area contributed by atoms with Crippen LogP contribution in [0, 0.1) is 0 Å². The molecule has 82 valence electrons. The summed E-state index contributed by atoms with van der Waals surface area (Å²) in [5, 5.41) is 2.55. The number of amides is 1. The molecule has 5 heteroatoms. The fourth-order valence-electron chi connectivity index (χ4n) is 1.65. The van der Waals surface area contributed by atoms with Crippen LogP contribution in [0.3, 0.4) is 0 Å². The lowest BCUT2D eigenvalue weighted by atomic mass is 10.1. The van der Waals surface area contributed by atoms with Crippen LogP contribution in [-0.2, 0) is 4.79 Å². The van der Waals surface area contributed by atoms with Gasteiger partial charge in [0, 0.05) is 19.5 Å². The number of carbonyl (C=O) groups is 1. The van der Waals surface area contributed by atoms with Crippen molar-refractivity contribution in [3.8, 4) is 0 Å². The second-order valence-electron chi connectivity index (χ2n) is 3.50. The van der Waals surface area contributed by atoms with E-state index in [4.69, 9.17) is 0 Å². The van der Waals surface area contributed by atoms with E-state index < -0.39 is 12.0 Å². The first-order valence-electron chi connectivity index (χ1n) is 4.90. The Morgan fingerprint density at radius 3 is 2.43 bits per heavy atom. The van der Waals surface area contributed by atoms with Gasteiger partial charge in [-0.05, 0) is 13.8 Å². The van der Waals surface area contributed by atoms with Gasteiger partial charge in [0.1, 0.15) is 0 Å². The van der Waals surface area contributed by atoms with Crippen LogP contribution in [0.5, 0.6) is 0 Å². The third kappa shape index (κ3) is 2.41. The Kier molecular flexibility index (Phi) is 3.42. The zero-order chi connectivity index (χ0) is 10.8. The minimum absolute atomic E-state index is 0.216. The molecular weight excluding hydrogens is 190 g/mol. The molecule has 1 fully saturated rings. The van der Waals surface area contributed by atoms with Crippen LogP contribution in [-0.4, -0.2) is 42.4 Å². The summed E-state index contributed by atoms with van der Waals surface area (Å²) in [4.78, 5) is 13.2. The predicted octanol–water partition coefficient (Wildman–Crippen LogP) is 0.852. The summed E-state index contributed by atoms with van der Waals surface area (Å²) in [5.74, 6) is -2.94. The van der Waals surface area contributed by atoms with Gasteiger partial charge in [-0.1, -0.05) is 0 Å². The predicted molar refractivity (Wildman–Crippen MR) is 49.3 cm³/mol. The molecule has 0 bridgehead atoms. The quantitative estimate of drug-likeness (QED) is 0.742. The normalized spacial score (nSPS) is 25.0. The van der Waals surface area contributed by atoms with Crippen molar-refractivity contribution in [1.82, 2.24) is 10.2 Å². The highest BCUT2D eigenvalue weighted by Gasteiger charge is 2.43. The Bertz CT molecular complexity index is 217. The van der Waals surface area contributed by atoms with Gasteiger partial charge in [-0.2, -0.15) is 0 Å². The van der Waals surface area contributed by atoms with Crippen LogP contribution in [0.25, 0.3) is 0 Å².